The third-order valence-corrected chi connectivity index (χ3v) is 3.96. The molecule has 0 atom stereocenters. The molecule has 2 saturated heterocycles. The summed E-state index contributed by atoms with van der Waals surface area (Å²) in [4.78, 5) is 14.0. The molecule has 2 rings (SSSR count). The molecule has 2 fully saturated rings. The summed E-state index contributed by atoms with van der Waals surface area (Å²) in [6.07, 6.45) is 2.23. The van der Waals surface area contributed by atoms with Crippen molar-refractivity contribution in [1.29, 1.82) is 0 Å². The van der Waals surface area contributed by atoms with Gasteiger partial charge < -0.3 is 9.64 Å². The van der Waals surface area contributed by atoms with E-state index in [0.717, 1.165) is 50.3 Å². The Morgan fingerprint density at radius 1 is 1.12 bits per heavy atom. The molecular formula is C13H21NO2. The summed E-state index contributed by atoms with van der Waals surface area (Å²) in [5.74, 6) is 0.220. The van der Waals surface area contributed by atoms with Crippen LogP contribution in [0.3, 0.4) is 0 Å². The summed E-state index contributed by atoms with van der Waals surface area (Å²) in [5, 5.41) is 0. The lowest BCUT2D eigenvalue weighted by Crippen LogP contribution is -2.60. The van der Waals surface area contributed by atoms with Crippen molar-refractivity contribution in [2.24, 2.45) is 5.41 Å². The average Bonchev–Trinajstić information content (AvgIpc) is 2.24. The minimum absolute atomic E-state index is 0.220. The number of allylic oxidation sites excluding steroid dienone is 1. The maximum Gasteiger partial charge on any atom is 0.249 e. The van der Waals surface area contributed by atoms with Crippen LogP contribution in [0.2, 0.25) is 0 Å². The molecule has 2 heterocycles. The van der Waals surface area contributed by atoms with Gasteiger partial charge in [-0.15, -0.1) is 0 Å². The minimum Gasteiger partial charge on any atom is -0.381 e. The van der Waals surface area contributed by atoms with Crippen LogP contribution in [0, 0.1) is 5.41 Å². The number of rotatable bonds is 1. The second-order valence-electron chi connectivity index (χ2n) is 5.40. The molecule has 0 unspecified atom stereocenters. The Labute approximate surface area is 97.5 Å². The van der Waals surface area contributed by atoms with Crippen LogP contribution in [-0.2, 0) is 9.53 Å². The fourth-order valence-electron chi connectivity index (χ4n) is 2.48. The van der Waals surface area contributed by atoms with Gasteiger partial charge in [0.1, 0.15) is 0 Å². The second-order valence-corrected chi connectivity index (χ2v) is 5.40. The maximum absolute atomic E-state index is 12.0. The zero-order valence-electron chi connectivity index (χ0n) is 10.5. The lowest BCUT2D eigenvalue weighted by Gasteiger charge is -2.52. The van der Waals surface area contributed by atoms with E-state index in [1.54, 1.807) is 0 Å². The van der Waals surface area contributed by atoms with Crippen molar-refractivity contribution in [3.8, 4) is 0 Å². The number of likely N-dealkylation sites (tertiary alicyclic amines) is 1. The van der Waals surface area contributed by atoms with Crippen molar-refractivity contribution in [2.75, 3.05) is 26.3 Å². The van der Waals surface area contributed by atoms with Crippen LogP contribution < -0.4 is 0 Å². The van der Waals surface area contributed by atoms with Crippen molar-refractivity contribution in [3.63, 3.8) is 0 Å². The molecule has 0 aromatic heterocycles. The van der Waals surface area contributed by atoms with Crippen molar-refractivity contribution < 1.29 is 9.53 Å². The summed E-state index contributed by atoms with van der Waals surface area (Å²) in [6, 6.07) is 0. The monoisotopic (exact) mass is 223 g/mol. The van der Waals surface area contributed by atoms with Crippen LogP contribution in [0.25, 0.3) is 0 Å². The zero-order chi connectivity index (χ0) is 11.8. The largest absolute Gasteiger partial charge is 0.381 e. The van der Waals surface area contributed by atoms with E-state index >= 15 is 0 Å². The quantitative estimate of drug-likeness (QED) is 0.636. The fraction of sp³-hybridized carbons (Fsp3) is 0.769. The Kier molecular flexibility index (Phi) is 3.06. The van der Waals surface area contributed by atoms with Gasteiger partial charge in [0, 0.05) is 37.3 Å². The number of ether oxygens (including phenoxy) is 1. The maximum atomic E-state index is 12.0. The number of nitrogens with zero attached hydrogens (tertiary/aromatic N) is 1. The van der Waals surface area contributed by atoms with Crippen LogP contribution in [0.15, 0.2) is 11.1 Å². The number of amides is 1. The van der Waals surface area contributed by atoms with Gasteiger partial charge in [0.2, 0.25) is 5.91 Å². The van der Waals surface area contributed by atoms with Crippen LogP contribution in [0.5, 0.6) is 0 Å². The standard InChI is InChI=1S/C13H21NO2/c1-10(2)11(3)12(15)14-8-13(9-14)4-6-16-7-5-13/h4-9H2,1-3H3. The van der Waals surface area contributed by atoms with Gasteiger partial charge in [-0.2, -0.15) is 0 Å². The highest BCUT2D eigenvalue weighted by atomic mass is 16.5. The third kappa shape index (κ3) is 2.01. The van der Waals surface area contributed by atoms with Gasteiger partial charge in [-0.25, -0.2) is 0 Å². The molecule has 0 saturated carbocycles. The molecule has 2 aliphatic heterocycles. The molecule has 90 valence electrons. The fourth-order valence-corrected chi connectivity index (χ4v) is 2.48. The van der Waals surface area contributed by atoms with Gasteiger partial charge in [-0.3, -0.25) is 4.79 Å². The molecule has 16 heavy (non-hydrogen) atoms. The van der Waals surface area contributed by atoms with E-state index in [4.69, 9.17) is 4.74 Å². The second kappa shape index (κ2) is 4.21. The summed E-state index contributed by atoms with van der Waals surface area (Å²) in [5.41, 5.74) is 2.41. The first-order valence-corrected chi connectivity index (χ1v) is 6.05. The van der Waals surface area contributed by atoms with Gasteiger partial charge in [0.15, 0.2) is 0 Å². The first kappa shape index (κ1) is 11.6. The van der Waals surface area contributed by atoms with Crippen molar-refractivity contribution in [2.45, 2.75) is 33.6 Å². The van der Waals surface area contributed by atoms with E-state index < -0.39 is 0 Å². The SMILES string of the molecule is CC(C)=C(C)C(=O)N1CC2(CCOCC2)C1. The third-order valence-electron chi connectivity index (χ3n) is 3.96. The van der Waals surface area contributed by atoms with Gasteiger partial charge in [-0.05, 0) is 33.6 Å². The molecule has 0 bridgehead atoms. The lowest BCUT2D eigenvalue weighted by molar-refractivity contribution is -0.146. The Bertz CT molecular complexity index is 315. The average molecular weight is 223 g/mol. The Morgan fingerprint density at radius 3 is 2.19 bits per heavy atom. The molecule has 2 aliphatic rings. The van der Waals surface area contributed by atoms with E-state index in [1.807, 2.05) is 25.7 Å². The summed E-state index contributed by atoms with van der Waals surface area (Å²) < 4.78 is 5.37. The van der Waals surface area contributed by atoms with Crippen molar-refractivity contribution >= 4 is 5.91 Å². The van der Waals surface area contributed by atoms with Gasteiger partial charge >= 0.3 is 0 Å². The van der Waals surface area contributed by atoms with Gasteiger partial charge in [0.05, 0.1) is 0 Å². The van der Waals surface area contributed by atoms with Crippen LogP contribution in [-0.4, -0.2) is 37.1 Å². The summed E-state index contributed by atoms with van der Waals surface area (Å²) >= 11 is 0. The van der Waals surface area contributed by atoms with E-state index in [-0.39, 0.29) is 5.91 Å². The molecule has 1 spiro atoms. The van der Waals surface area contributed by atoms with Gasteiger partial charge in [-0.1, -0.05) is 5.57 Å². The number of carbonyl (C=O) groups is 1. The highest BCUT2D eigenvalue weighted by Crippen LogP contribution is 2.40. The number of hydrogen-bond donors (Lipinski definition) is 0. The highest BCUT2D eigenvalue weighted by molar-refractivity contribution is 5.94. The Morgan fingerprint density at radius 2 is 1.69 bits per heavy atom. The minimum atomic E-state index is 0.220. The van der Waals surface area contributed by atoms with Crippen LogP contribution in [0.4, 0.5) is 0 Å². The van der Waals surface area contributed by atoms with Crippen molar-refractivity contribution in [3.05, 3.63) is 11.1 Å². The number of carbonyl (C=O) groups excluding carboxylic acids is 1. The molecule has 0 aliphatic carbocycles. The molecule has 0 radical (unpaired) electrons. The molecule has 0 aromatic rings. The molecule has 3 heteroatoms. The summed E-state index contributed by atoms with van der Waals surface area (Å²) in [6.45, 7) is 9.51. The molecule has 0 aromatic carbocycles. The van der Waals surface area contributed by atoms with Gasteiger partial charge in [0.25, 0.3) is 0 Å². The molecule has 3 nitrogen and oxygen atoms in total. The molecular weight excluding hydrogens is 202 g/mol. The van der Waals surface area contributed by atoms with Crippen molar-refractivity contribution in [1.82, 2.24) is 4.90 Å². The Hall–Kier alpha value is -0.830. The highest BCUT2D eigenvalue weighted by Gasteiger charge is 2.45. The molecule has 0 N–H and O–H groups in total. The topological polar surface area (TPSA) is 29.5 Å². The van der Waals surface area contributed by atoms with E-state index in [0.29, 0.717) is 5.41 Å². The predicted molar refractivity (Wildman–Crippen MR) is 63.1 cm³/mol. The first-order valence-electron chi connectivity index (χ1n) is 6.05. The van der Waals surface area contributed by atoms with Crippen LogP contribution in [0.1, 0.15) is 33.6 Å². The normalized spacial score (nSPS) is 22.8. The van der Waals surface area contributed by atoms with E-state index in [9.17, 15) is 4.79 Å². The predicted octanol–water partition coefficient (Wildman–Crippen LogP) is 1.98. The van der Waals surface area contributed by atoms with Crippen LogP contribution >= 0.6 is 0 Å². The Balaban J connectivity index is 1.93. The van der Waals surface area contributed by atoms with E-state index in [2.05, 4.69) is 0 Å². The smallest absolute Gasteiger partial charge is 0.249 e. The summed E-state index contributed by atoms with van der Waals surface area (Å²) in [7, 11) is 0. The number of hydrogen-bond acceptors (Lipinski definition) is 2. The first-order chi connectivity index (χ1) is 7.54. The van der Waals surface area contributed by atoms with E-state index in [1.165, 1.54) is 0 Å². The lowest BCUT2D eigenvalue weighted by atomic mass is 9.73. The zero-order valence-corrected chi connectivity index (χ0v) is 10.5. The molecule has 1 amide bonds.